The predicted octanol–water partition coefficient (Wildman–Crippen LogP) is 4.21. The topological polar surface area (TPSA) is 71.0 Å². The van der Waals surface area contributed by atoms with E-state index in [1.165, 1.54) is 22.7 Å². The molecule has 8 nitrogen and oxygen atoms in total. The molecule has 9 heteroatoms. The molecule has 3 heterocycles. The summed E-state index contributed by atoms with van der Waals surface area (Å²) in [4.78, 5) is 24.7. The van der Waals surface area contributed by atoms with Gasteiger partial charge >= 0.3 is 0 Å². The van der Waals surface area contributed by atoms with Crippen molar-refractivity contribution in [2.75, 3.05) is 44.4 Å². The van der Waals surface area contributed by atoms with Crippen LogP contribution in [0.5, 0.6) is 11.5 Å². The molecule has 0 bridgehead atoms. The van der Waals surface area contributed by atoms with Gasteiger partial charge in [0.25, 0.3) is 0 Å². The van der Waals surface area contributed by atoms with Gasteiger partial charge in [-0.15, -0.1) is 0 Å². The molecule has 0 spiro atoms. The molecule has 0 atom stereocenters. The van der Waals surface area contributed by atoms with Crippen LogP contribution in [-0.4, -0.2) is 64.6 Å². The summed E-state index contributed by atoms with van der Waals surface area (Å²) < 4.78 is 15.5. The number of piperazine rings is 1. The smallest absolute Gasteiger partial charge is 0.242 e. The molecule has 1 amide bonds. The summed E-state index contributed by atoms with van der Waals surface area (Å²) in [7, 11) is 0. The lowest BCUT2D eigenvalue weighted by Gasteiger charge is -2.35. The quantitative estimate of drug-likeness (QED) is 0.314. The Kier molecular flexibility index (Phi) is 7.69. The minimum Gasteiger partial charge on any atom is -0.454 e. The summed E-state index contributed by atoms with van der Waals surface area (Å²) in [5, 5.41) is 0.777. The van der Waals surface area contributed by atoms with E-state index >= 15 is 0 Å². The molecular weight excluding hydrogens is 510 g/mol. The number of benzene rings is 3. The summed E-state index contributed by atoms with van der Waals surface area (Å²) in [6.07, 6.45) is 0.676. The van der Waals surface area contributed by atoms with Gasteiger partial charge in [-0.2, -0.15) is 4.37 Å². The van der Waals surface area contributed by atoms with Gasteiger partial charge in [0.15, 0.2) is 11.5 Å². The maximum atomic E-state index is 13.5. The highest BCUT2D eigenvalue weighted by molar-refractivity contribution is 7.09. The van der Waals surface area contributed by atoms with E-state index in [0.717, 1.165) is 47.7 Å². The lowest BCUT2D eigenvalue weighted by Crippen LogP contribution is -2.50. The van der Waals surface area contributed by atoms with E-state index < -0.39 is 0 Å². The van der Waals surface area contributed by atoms with Crippen LogP contribution in [-0.2, 0) is 24.3 Å². The Morgan fingerprint density at radius 2 is 1.56 bits per heavy atom. The highest BCUT2D eigenvalue weighted by Crippen LogP contribution is 2.33. The summed E-state index contributed by atoms with van der Waals surface area (Å²) in [6, 6.07) is 26.5. The van der Waals surface area contributed by atoms with Crippen LogP contribution in [0.2, 0.25) is 0 Å². The van der Waals surface area contributed by atoms with E-state index in [1.54, 1.807) is 0 Å². The van der Waals surface area contributed by atoms with E-state index in [0.29, 0.717) is 26.1 Å². The molecule has 1 aromatic heterocycles. The van der Waals surface area contributed by atoms with Crippen molar-refractivity contribution < 1.29 is 14.3 Å². The molecule has 1 saturated heterocycles. The second-order valence-electron chi connectivity index (χ2n) is 9.84. The molecular formula is C30H31N5O3S. The number of anilines is 1. The third-order valence-electron chi connectivity index (χ3n) is 7.04. The normalized spacial score (nSPS) is 14.9. The number of nitrogens with zero attached hydrogens (tertiary/aromatic N) is 5. The van der Waals surface area contributed by atoms with Gasteiger partial charge in [-0.25, -0.2) is 4.98 Å². The van der Waals surface area contributed by atoms with E-state index in [9.17, 15) is 4.79 Å². The number of carbonyl (C=O) groups excluding carboxylic acids is 1. The first-order valence-electron chi connectivity index (χ1n) is 13.2. The van der Waals surface area contributed by atoms with E-state index in [4.69, 9.17) is 14.5 Å². The molecule has 0 radical (unpaired) electrons. The molecule has 0 unspecified atom stereocenters. The number of rotatable bonds is 9. The molecule has 39 heavy (non-hydrogen) atoms. The Morgan fingerprint density at radius 1 is 0.846 bits per heavy atom. The minimum absolute atomic E-state index is 0.119. The van der Waals surface area contributed by atoms with Crippen molar-refractivity contribution in [1.29, 1.82) is 0 Å². The first-order chi connectivity index (χ1) is 19.2. The lowest BCUT2D eigenvalue weighted by molar-refractivity contribution is -0.131. The van der Waals surface area contributed by atoms with Gasteiger partial charge in [-0.05, 0) is 28.8 Å². The first kappa shape index (κ1) is 25.3. The summed E-state index contributed by atoms with van der Waals surface area (Å²) in [5.74, 6) is 2.51. The molecule has 4 aromatic rings. The fourth-order valence-corrected chi connectivity index (χ4v) is 5.62. The summed E-state index contributed by atoms with van der Waals surface area (Å²) >= 11 is 1.36. The largest absolute Gasteiger partial charge is 0.454 e. The zero-order chi connectivity index (χ0) is 26.4. The number of hydrogen-bond donors (Lipinski definition) is 0. The number of hydrogen-bond acceptors (Lipinski definition) is 8. The fourth-order valence-electron chi connectivity index (χ4n) is 4.93. The van der Waals surface area contributed by atoms with Crippen molar-refractivity contribution in [3.63, 3.8) is 0 Å². The van der Waals surface area contributed by atoms with Crippen LogP contribution in [0.4, 0.5) is 5.13 Å². The SMILES string of the molecule is O=C(CN(Cc1ccccc1)c1nc(Cc2ccccc2)ns1)N1CCN(Cc2ccc3c(c2)OCO3)CC1. The van der Waals surface area contributed by atoms with Crippen molar-refractivity contribution in [1.82, 2.24) is 19.2 Å². The monoisotopic (exact) mass is 541 g/mol. The molecule has 2 aliphatic heterocycles. The second-order valence-corrected chi connectivity index (χ2v) is 10.6. The number of aromatic nitrogens is 2. The van der Waals surface area contributed by atoms with Crippen molar-refractivity contribution >= 4 is 22.6 Å². The number of ether oxygens (including phenoxy) is 2. The Hall–Kier alpha value is -3.95. The predicted molar refractivity (Wildman–Crippen MR) is 151 cm³/mol. The number of amides is 1. The van der Waals surface area contributed by atoms with Gasteiger partial charge in [-0.3, -0.25) is 9.69 Å². The lowest BCUT2D eigenvalue weighted by atomic mass is 10.1. The minimum atomic E-state index is 0.119. The van der Waals surface area contributed by atoms with Crippen LogP contribution < -0.4 is 14.4 Å². The molecule has 0 N–H and O–H groups in total. The van der Waals surface area contributed by atoms with Crippen molar-refractivity contribution in [3.8, 4) is 11.5 Å². The Bertz CT molecular complexity index is 1390. The fraction of sp³-hybridized carbons (Fsp3) is 0.300. The maximum absolute atomic E-state index is 13.5. The van der Waals surface area contributed by atoms with E-state index in [2.05, 4.69) is 50.6 Å². The molecule has 2 aliphatic rings. The van der Waals surface area contributed by atoms with Crippen LogP contribution in [0.3, 0.4) is 0 Å². The average Bonchev–Trinajstić information content (AvgIpc) is 3.64. The van der Waals surface area contributed by atoms with Gasteiger partial charge in [0.2, 0.25) is 17.8 Å². The zero-order valence-corrected chi connectivity index (χ0v) is 22.6. The zero-order valence-electron chi connectivity index (χ0n) is 21.7. The van der Waals surface area contributed by atoms with Gasteiger partial charge < -0.3 is 19.3 Å². The van der Waals surface area contributed by atoms with Crippen LogP contribution >= 0.6 is 11.5 Å². The highest BCUT2D eigenvalue weighted by Gasteiger charge is 2.25. The number of fused-ring (bicyclic) bond motifs is 1. The Labute approximate surface area is 232 Å². The van der Waals surface area contributed by atoms with Crippen molar-refractivity contribution in [2.45, 2.75) is 19.5 Å². The van der Waals surface area contributed by atoms with E-state index in [1.807, 2.05) is 47.4 Å². The van der Waals surface area contributed by atoms with Crippen LogP contribution in [0.25, 0.3) is 0 Å². The van der Waals surface area contributed by atoms with E-state index in [-0.39, 0.29) is 19.2 Å². The van der Waals surface area contributed by atoms with Crippen LogP contribution in [0.15, 0.2) is 78.9 Å². The second kappa shape index (κ2) is 11.8. The standard InChI is InChI=1S/C30H31N5O3S/c36-29(34-15-13-33(14-16-34)19-25-11-12-26-27(17-25)38-22-37-26)21-35(20-24-9-5-2-6-10-24)30-31-28(32-39-30)18-23-7-3-1-4-8-23/h1-12,17H,13-16,18-22H2. The molecule has 1 fully saturated rings. The average molecular weight is 542 g/mol. The molecule has 0 saturated carbocycles. The van der Waals surface area contributed by atoms with Gasteiger partial charge in [-0.1, -0.05) is 66.7 Å². The molecule has 3 aromatic carbocycles. The molecule has 200 valence electrons. The van der Waals surface area contributed by atoms with Crippen LogP contribution in [0.1, 0.15) is 22.5 Å². The third-order valence-corrected chi connectivity index (χ3v) is 7.86. The summed E-state index contributed by atoms with van der Waals surface area (Å²) in [5.41, 5.74) is 3.50. The van der Waals surface area contributed by atoms with Gasteiger partial charge in [0.1, 0.15) is 5.82 Å². The Balaban J connectivity index is 1.08. The summed E-state index contributed by atoms with van der Waals surface area (Å²) in [6.45, 7) is 5.07. The Morgan fingerprint density at radius 3 is 2.33 bits per heavy atom. The maximum Gasteiger partial charge on any atom is 0.242 e. The highest BCUT2D eigenvalue weighted by atomic mass is 32.1. The van der Waals surface area contributed by atoms with Crippen LogP contribution in [0, 0.1) is 0 Å². The van der Waals surface area contributed by atoms with Crippen molar-refractivity contribution in [2.24, 2.45) is 0 Å². The first-order valence-corrected chi connectivity index (χ1v) is 14.0. The van der Waals surface area contributed by atoms with Gasteiger partial charge in [0.05, 0.1) is 6.54 Å². The number of carbonyl (C=O) groups is 1. The van der Waals surface area contributed by atoms with Gasteiger partial charge in [0, 0.05) is 57.2 Å². The molecule has 0 aliphatic carbocycles. The molecule has 6 rings (SSSR count). The third kappa shape index (κ3) is 6.38. The van der Waals surface area contributed by atoms with Crippen molar-refractivity contribution in [3.05, 3.63) is 101 Å².